The third-order valence-corrected chi connectivity index (χ3v) is 8.97. The van der Waals surface area contributed by atoms with Crippen LogP contribution in [-0.4, -0.2) is 44.7 Å². The van der Waals surface area contributed by atoms with Gasteiger partial charge in [0.05, 0.1) is 12.6 Å². The summed E-state index contributed by atoms with van der Waals surface area (Å²) in [5, 5.41) is 9.69. The molecule has 4 aliphatic rings. The lowest BCUT2D eigenvalue weighted by Gasteiger charge is -2.52. The largest absolute Gasteiger partial charge is 0.426 e. The summed E-state index contributed by atoms with van der Waals surface area (Å²) in [4.78, 5) is 54.5. The van der Waals surface area contributed by atoms with E-state index in [9.17, 15) is 23.6 Å². The summed E-state index contributed by atoms with van der Waals surface area (Å²) in [7, 11) is 0. The van der Waals surface area contributed by atoms with Crippen LogP contribution in [0.1, 0.15) is 84.0 Å². The molecule has 0 saturated heterocycles. The Morgan fingerprint density at radius 3 is 2.52 bits per heavy atom. The number of fused-ring (bicyclic) bond motifs is 5. The van der Waals surface area contributed by atoms with Gasteiger partial charge in [0.25, 0.3) is 11.8 Å². The molecule has 2 amide bonds. The van der Waals surface area contributed by atoms with Gasteiger partial charge in [-0.15, -0.1) is 0 Å². The van der Waals surface area contributed by atoms with Crippen LogP contribution in [0, 0.1) is 16.6 Å². The molecule has 0 radical (unpaired) electrons. The zero-order chi connectivity index (χ0) is 28.1. The number of carbonyl (C=O) groups is 4. The Morgan fingerprint density at radius 2 is 1.80 bits per heavy atom. The number of amides is 2. The third-order valence-electron chi connectivity index (χ3n) is 8.97. The Hall–Kier alpha value is -4.15. The lowest BCUT2D eigenvalue weighted by Crippen LogP contribution is -2.50. The first kappa shape index (κ1) is 26.1. The molecule has 0 unspecified atom stereocenters. The lowest BCUT2D eigenvalue weighted by molar-refractivity contribution is -0.137. The van der Waals surface area contributed by atoms with Crippen LogP contribution in [0.2, 0.25) is 0 Å². The number of carbonyl (C=O) groups excluding carboxylic acids is 4. The van der Waals surface area contributed by atoms with E-state index < -0.39 is 17.6 Å². The second kappa shape index (κ2) is 9.79. The highest BCUT2D eigenvalue weighted by atomic mass is 19.1. The fourth-order valence-corrected chi connectivity index (χ4v) is 6.46. The number of rotatable bonds is 8. The Bertz CT molecular complexity index is 1540. The molecule has 3 fully saturated rings. The second-order valence-corrected chi connectivity index (χ2v) is 11.3. The lowest BCUT2D eigenvalue weighted by atomic mass is 9.52. The van der Waals surface area contributed by atoms with Crippen LogP contribution in [0.4, 0.5) is 4.39 Å². The molecule has 11 heteroatoms. The summed E-state index contributed by atoms with van der Waals surface area (Å²) in [6, 6.07) is 6.51. The zero-order valence-corrected chi connectivity index (χ0v) is 22.2. The van der Waals surface area contributed by atoms with E-state index in [1.807, 2.05) is 6.92 Å². The molecule has 2 aromatic heterocycles. The normalized spacial score (nSPS) is 23.1. The van der Waals surface area contributed by atoms with E-state index in [2.05, 4.69) is 20.7 Å². The van der Waals surface area contributed by atoms with Gasteiger partial charge in [-0.05, 0) is 61.6 Å². The van der Waals surface area contributed by atoms with E-state index in [4.69, 9.17) is 4.74 Å². The molecule has 3 saturated carbocycles. The van der Waals surface area contributed by atoms with Crippen molar-refractivity contribution in [1.29, 1.82) is 0 Å². The first-order valence-electron chi connectivity index (χ1n) is 13.7. The minimum atomic E-state index is -0.748. The number of halogens is 1. The van der Waals surface area contributed by atoms with Gasteiger partial charge in [0.2, 0.25) is 0 Å². The summed E-state index contributed by atoms with van der Waals surface area (Å²) in [6.07, 6.45) is 6.84. The predicted molar refractivity (Wildman–Crippen MR) is 140 cm³/mol. The predicted octanol–water partition coefficient (Wildman–Crippen LogP) is 3.31. The summed E-state index contributed by atoms with van der Waals surface area (Å²) in [5.74, 6) is -1.28. The summed E-state index contributed by atoms with van der Waals surface area (Å²) in [5.41, 5.74) is 0.899. The highest BCUT2D eigenvalue weighted by molar-refractivity contribution is 5.98. The second-order valence-electron chi connectivity index (χ2n) is 11.3. The smallest absolute Gasteiger partial charge is 0.315 e. The van der Waals surface area contributed by atoms with Crippen molar-refractivity contribution in [2.24, 2.45) is 10.8 Å². The number of nitrogens with zero attached hydrogens (tertiary/aromatic N) is 3. The van der Waals surface area contributed by atoms with Crippen molar-refractivity contribution in [3.63, 3.8) is 0 Å². The minimum Gasteiger partial charge on any atom is -0.426 e. The first-order chi connectivity index (χ1) is 19.2. The van der Waals surface area contributed by atoms with Crippen molar-refractivity contribution in [1.82, 2.24) is 25.2 Å². The molecule has 40 heavy (non-hydrogen) atoms. The summed E-state index contributed by atoms with van der Waals surface area (Å²) in [6.45, 7) is 2.49. The fourth-order valence-electron chi connectivity index (χ4n) is 6.46. The Labute approximate surface area is 229 Å². The molecule has 1 aromatic carbocycles. The maximum atomic E-state index is 14.5. The number of Topliss-reactive ketones (excluding diaryl/α,β-unsaturated/α-hetero) is 1. The molecule has 2 bridgehead atoms. The maximum absolute atomic E-state index is 14.5. The standard InChI is InChI=1S/C29H30FN5O5/c1-2-23(36)29-8-5-28(6-9-29,7-10-29)16-32-27(39)21-13-20(34-25-19(30)15-33-35(21)25)26(38)31-14-17-3-4-22-18(11-17)12-24(37)40-22/h3-4,11,13,15H,2,5-10,12,14,16H2,1H3,(H,31,38)(H,32,39). The Morgan fingerprint density at radius 1 is 1.05 bits per heavy atom. The number of aromatic nitrogens is 3. The first-order valence-corrected chi connectivity index (χ1v) is 13.7. The van der Waals surface area contributed by atoms with E-state index in [-0.39, 0.29) is 46.8 Å². The molecule has 2 N–H and O–H groups in total. The maximum Gasteiger partial charge on any atom is 0.315 e. The van der Waals surface area contributed by atoms with Crippen LogP contribution in [0.25, 0.3) is 5.65 Å². The number of esters is 1. The number of benzene rings is 1. The summed E-state index contributed by atoms with van der Waals surface area (Å²) < 4.78 is 20.7. The van der Waals surface area contributed by atoms with Gasteiger partial charge in [-0.3, -0.25) is 19.2 Å². The summed E-state index contributed by atoms with van der Waals surface area (Å²) >= 11 is 0. The topological polar surface area (TPSA) is 132 Å². The van der Waals surface area contributed by atoms with E-state index in [0.717, 1.165) is 60.4 Å². The van der Waals surface area contributed by atoms with Gasteiger partial charge >= 0.3 is 5.97 Å². The van der Waals surface area contributed by atoms with Gasteiger partial charge in [-0.2, -0.15) is 5.10 Å². The molecule has 1 aliphatic heterocycles. The van der Waals surface area contributed by atoms with Crippen LogP contribution in [-0.2, 0) is 22.6 Å². The number of hydrogen-bond acceptors (Lipinski definition) is 7. The van der Waals surface area contributed by atoms with E-state index >= 15 is 0 Å². The van der Waals surface area contributed by atoms with Gasteiger partial charge in [-0.1, -0.05) is 13.0 Å². The van der Waals surface area contributed by atoms with Gasteiger partial charge in [0.15, 0.2) is 11.5 Å². The average Bonchev–Trinajstić information content (AvgIpc) is 3.55. The van der Waals surface area contributed by atoms with Gasteiger partial charge in [0, 0.05) is 36.6 Å². The molecular formula is C29H30FN5O5. The van der Waals surface area contributed by atoms with Crippen molar-refractivity contribution >= 4 is 29.2 Å². The highest BCUT2D eigenvalue weighted by Gasteiger charge is 2.51. The van der Waals surface area contributed by atoms with Crippen molar-refractivity contribution in [2.45, 2.75) is 64.8 Å². The third kappa shape index (κ3) is 4.52. The van der Waals surface area contributed by atoms with Crippen LogP contribution in [0.5, 0.6) is 5.75 Å². The van der Waals surface area contributed by atoms with Crippen molar-refractivity contribution in [3.8, 4) is 5.75 Å². The number of hydrogen-bond donors (Lipinski definition) is 2. The van der Waals surface area contributed by atoms with E-state index in [0.29, 0.717) is 24.5 Å². The molecule has 3 heterocycles. The molecule has 3 aromatic rings. The Balaban J connectivity index is 1.16. The van der Waals surface area contributed by atoms with Crippen molar-refractivity contribution in [2.75, 3.05) is 6.54 Å². The molecule has 10 nitrogen and oxygen atoms in total. The van der Waals surface area contributed by atoms with E-state index in [1.54, 1.807) is 18.2 Å². The van der Waals surface area contributed by atoms with E-state index in [1.165, 1.54) is 6.07 Å². The Kier molecular flexibility index (Phi) is 6.39. The molecule has 3 aliphatic carbocycles. The van der Waals surface area contributed by atoms with Crippen LogP contribution >= 0.6 is 0 Å². The molecule has 0 atom stereocenters. The molecule has 7 rings (SSSR count). The molecular weight excluding hydrogens is 517 g/mol. The zero-order valence-electron chi connectivity index (χ0n) is 22.2. The van der Waals surface area contributed by atoms with Crippen molar-refractivity contribution < 1.29 is 28.3 Å². The van der Waals surface area contributed by atoms with Gasteiger partial charge in [-0.25, -0.2) is 13.9 Å². The average molecular weight is 548 g/mol. The van der Waals surface area contributed by atoms with Gasteiger partial charge in [0.1, 0.15) is 22.9 Å². The van der Waals surface area contributed by atoms with Crippen LogP contribution in [0.15, 0.2) is 30.5 Å². The number of nitrogens with one attached hydrogen (secondary N) is 2. The molecule has 208 valence electrons. The minimum absolute atomic E-state index is 0.00534. The fraction of sp³-hybridized carbons (Fsp3) is 0.448. The van der Waals surface area contributed by atoms with Crippen LogP contribution < -0.4 is 15.4 Å². The quantitative estimate of drug-likeness (QED) is 0.327. The van der Waals surface area contributed by atoms with Gasteiger partial charge < -0.3 is 15.4 Å². The molecule has 0 spiro atoms. The SMILES string of the molecule is CCC(=O)C12CCC(CNC(=O)c3cc(C(=O)NCc4ccc5c(c4)CC(=O)O5)nc4c(F)cnn34)(CC1)CC2. The number of ketones is 1. The monoisotopic (exact) mass is 547 g/mol. The van der Waals surface area contributed by atoms with Crippen molar-refractivity contribution in [3.05, 3.63) is 58.8 Å². The highest BCUT2D eigenvalue weighted by Crippen LogP contribution is 2.57. The van der Waals surface area contributed by atoms with Crippen LogP contribution in [0.3, 0.4) is 0 Å². The number of ether oxygens (including phenoxy) is 1.